The Balaban J connectivity index is 1.18. The van der Waals surface area contributed by atoms with Crippen LogP contribution < -0.4 is 11.1 Å². The average Bonchev–Trinajstić information content (AvgIpc) is 3.47. The molecule has 1 aromatic carbocycles. The van der Waals surface area contributed by atoms with Crippen molar-refractivity contribution in [1.29, 1.82) is 0 Å². The van der Waals surface area contributed by atoms with Gasteiger partial charge in [0.1, 0.15) is 5.69 Å². The number of carbonyl (C=O) groups excluding carboxylic acids is 1. The van der Waals surface area contributed by atoms with Crippen LogP contribution in [-0.4, -0.2) is 51.2 Å². The molecule has 0 spiro atoms. The minimum absolute atomic E-state index is 0.0262. The summed E-state index contributed by atoms with van der Waals surface area (Å²) in [5.41, 5.74) is 7.73. The van der Waals surface area contributed by atoms with Crippen LogP contribution in [0.4, 0.5) is 4.79 Å². The first-order chi connectivity index (χ1) is 15.1. The molecule has 0 bridgehead atoms. The third kappa shape index (κ3) is 4.25. The summed E-state index contributed by atoms with van der Waals surface area (Å²) >= 11 is 0. The summed E-state index contributed by atoms with van der Waals surface area (Å²) in [6.45, 7) is 1.89. The Bertz CT molecular complexity index is 1070. The van der Waals surface area contributed by atoms with Crippen molar-refractivity contribution in [1.82, 2.24) is 25.3 Å². The molecule has 31 heavy (non-hydrogen) atoms. The second-order valence-corrected chi connectivity index (χ2v) is 8.83. The molecule has 8 heteroatoms. The lowest BCUT2D eigenvalue weighted by Gasteiger charge is -2.32. The molecule has 0 atom stereocenters. The second-order valence-electron chi connectivity index (χ2n) is 8.83. The number of pyridine rings is 1. The zero-order valence-corrected chi connectivity index (χ0v) is 17.6. The predicted molar refractivity (Wildman–Crippen MR) is 117 cm³/mol. The highest BCUT2D eigenvalue weighted by Gasteiger charge is 2.32. The number of carbonyl (C=O) groups is 1. The molecule has 1 saturated heterocycles. The zero-order valence-electron chi connectivity index (χ0n) is 17.6. The summed E-state index contributed by atoms with van der Waals surface area (Å²) in [6, 6.07) is 11.9. The number of para-hydroxylation sites is 1. The topological polar surface area (TPSA) is 110 Å². The van der Waals surface area contributed by atoms with Crippen LogP contribution in [0.3, 0.4) is 0 Å². The van der Waals surface area contributed by atoms with Gasteiger partial charge in [0.2, 0.25) is 11.7 Å². The fraction of sp³-hybridized carbons (Fsp3) is 0.478. The smallest absolute Gasteiger partial charge is 0.317 e. The van der Waals surface area contributed by atoms with Gasteiger partial charge in [-0.2, -0.15) is 4.98 Å². The summed E-state index contributed by atoms with van der Waals surface area (Å²) in [7, 11) is 0. The normalized spacial score (nSPS) is 19.1. The number of hydrogen-bond donors (Lipinski definition) is 2. The first kappa shape index (κ1) is 19.9. The van der Waals surface area contributed by atoms with E-state index in [9.17, 15) is 4.79 Å². The Kier molecular flexibility index (Phi) is 5.31. The number of nitrogens with one attached hydrogen (secondary N) is 1. The van der Waals surface area contributed by atoms with Crippen molar-refractivity contribution < 1.29 is 9.32 Å². The highest BCUT2D eigenvalue weighted by Crippen LogP contribution is 2.29. The van der Waals surface area contributed by atoms with Crippen molar-refractivity contribution in [3.05, 3.63) is 42.3 Å². The lowest BCUT2D eigenvalue weighted by atomic mass is 9.97. The fourth-order valence-electron chi connectivity index (χ4n) is 4.64. The number of likely N-dealkylation sites (tertiary alicyclic amines) is 1. The number of hydrogen-bond acceptors (Lipinski definition) is 6. The highest BCUT2D eigenvalue weighted by molar-refractivity contribution is 5.80. The molecule has 3 heterocycles. The van der Waals surface area contributed by atoms with E-state index in [1.54, 1.807) is 0 Å². The first-order valence-electron chi connectivity index (χ1n) is 11.1. The highest BCUT2D eigenvalue weighted by atomic mass is 16.5. The van der Waals surface area contributed by atoms with E-state index in [1.807, 2.05) is 41.3 Å². The van der Waals surface area contributed by atoms with Gasteiger partial charge < -0.3 is 20.5 Å². The molecule has 2 aliphatic rings. The zero-order chi connectivity index (χ0) is 21.3. The third-order valence-corrected chi connectivity index (χ3v) is 6.59. The number of nitrogens with zero attached hydrogens (tertiary/aromatic N) is 4. The van der Waals surface area contributed by atoms with Crippen LogP contribution in [0, 0.1) is 0 Å². The minimum Gasteiger partial charge on any atom is -0.339 e. The van der Waals surface area contributed by atoms with Gasteiger partial charge in [0.05, 0.1) is 5.52 Å². The van der Waals surface area contributed by atoms with E-state index in [-0.39, 0.29) is 17.5 Å². The third-order valence-electron chi connectivity index (χ3n) is 6.59. The number of fused-ring (bicyclic) bond motifs is 1. The predicted octanol–water partition coefficient (Wildman–Crippen LogP) is 3.45. The van der Waals surface area contributed by atoms with Crippen molar-refractivity contribution >= 4 is 16.9 Å². The van der Waals surface area contributed by atoms with Gasteiger partial charge in [-0.1, -0.05) is 42.3 Å². The molecule has 2 amide bonds. The Labute approximate surface area is 181 Å². The lowest BCUT2D eigenvalue weighted by molar-refractivity contribution is 0.173. The molecule has 2 aromatic heterocycles. The van der Waals surface area contributed by atoms with Gasteiger partial charge in [0, 0.05) is 36.5 Å². The number of nitrogens with two attached hydrogens (primary N) is 1. The molecule has 5 rings (SSSR count). The Morgan fingerprint density at radius 3 is 2.71 bits per heavy atom. The molecule has 162 valence electrons. The van der Waals surface area contributed by atoms with E-state index in [2.05, 4.69) is 20.4 Å². The van der Waals surface area contributed by atoms with Gasteiger partial charge in [-0.05, 0) is 37.8 Å². The minimum atomic E-state index is -0.231. The standard InChI is InChI=1S/C23H28N6O2/c24-23(11-3-4-12-23)15-25-22(30)29-13-9-17(10-14-29)21-27-20(28-31-21)19-8-7-16-5-1-2-6-18(16)26-19/h1-2,5-8,17H,3-4,9-15,24H2,(H,25,30). The molecule has 3 N–H and O–H groups in total. The summed E-state index contributed by atoms with van der Waals surface area (Å²) < 4.78 is 5.56. The van der Waals surface area contributed by atoms with E-state index < -0.39 is 0 Å². The Morgan fingerprint density at radius 2 is 1.90 bits per heavy atom. The van der Waals surface area contributed by atoms with E-state index >= 15 is 0 Å². The van der Waals surface area contributed by atoms with Crippen LogP contribution >= 0.6 is 0 Å². The molecule has 1 saturated carbocycles. The lowest BCUT2D eigenvalue weighted by Crippen LogP contribution is -2.52. The summed E-state index contributed by atoms with van der Waals surface area (Å²) in [5, 5.41) is 8.26. The van der Waals surface area contributed by atoms with Crippen LogP contribution in [0.25, 0.3) is 22.4 Å². The SMILES string of the molecule is NC1(CNC(=O)N2CCC(c3nc(-c4ccc5ccccc5n4)no3)CC2)CCCC1. The molecule has 2 fully saturated rings. The van der Waals surface area contributed by atoms with Crippen LogP contribution in [0.1, 0.15) is 50.3 Å². The quantitative estimate of drug-likeness (QED) is 0.669. The summed E-state index contributed by atoms with van der Waals surface area (Å²) in [4.78, 5) is 23.6. The number of amides is 2. The first-order valence-corrected chi connectivity index (χ1v) is 11.1. The van der Waals surface area contributed by atoms with Gasteiger partial charge in [0.25, 0.3) is 0 Å². The van der Waals surface area contributed by atoms with Crippen molar-refractivity contribution in [2.45, 2.75) is 50.0 Å². The molecular formula is C23H28N6O2. The van der Waals surface area contributed by atoms with Gasteiger partial charge in [-0.3, -0.25) is 0 Å². The monoisotopic (exact) mass is 420 g/mol. The fourth-order valence-corrected chi connectivity index (χ4v) is 4.64. The Morgan fingerprint density at radius 1 is 1.13 bits per heavy atom. The van der Waals surface area contributed by atoms with Gasteiger partial charge >= 0.3 is 6.03 Å². The largest absolute Gasteiger partial charge is 0.339 e. The van der Waals surface area contributed by atoms with Gasteiger partial charge in [0.15, 0.2) is 0 Å². The maximum absolute atomic E-state index is 12.5. The number of urea groups is 1. The molecule has 0 radical (unpaired) electrons. The van der Waals surface area contributed by atoms with E-state index in [0.29, 0.717) is 37.0 Å². The van der Waals surface area contributed by atoms with Gasteiger partial charge in [-0.15, -0.1) is 0 Å². The Hall–Kier alpha value is -3.00. The van der Waals surface area contributed by atoms with Crippen LogP contribution in [0.2, 0.25) is 0 Å². The summed E-state index contributed by atoms with van der Waals surface area (Å²) in [5.74, 6) is 1.28. The van der Waals surface area contributed by atoms with Gasteiger partial charge in [-0.25, -0.2) is 9.78 Å². The molecule has 3 aromatic rings. The van der Waals surface area contributed by atoms with Crippen LogP contribution in [0.5, 0.6) is 0 Å². The van der Waals surface area contributed by atoms with E-state index in [4.69, 9.17) is 10.3 Å². The van der Waals surface area contributed by atoms with Crippen LogP contribution in [-0.2, 0) is 0 Å². The maximum atomic E-state index is 12.5. The second kappa shape index (κ2) is 8.26. The summed E-state index contributed by atoms with van der Waals surface area (Å²) in [6.07, 6.45) is 5.88. The van der Waals surface area contributed by atoms with Crippen molar-refractivity contribution in [2.75, 3.05) is 19.6 Å². The molecule has 8 nitrogen and oxygen atoms in total. The molecule has 0 unspecified atom stereocenters. The number of rotatable bonds is 4. The van der Waals surface area contributed by atoms with Crippen molar-refractivity contribution in [2.24, 2.45) is 5.73 Å². The molecular weight excluding hydrogens is 392 g/mol. The van der Waals surface area contributed by atoms with Crippen molar-refractivity contribution in [3.8, 4) is 11.5 Å². The number of benzene rings is 1. The van der Waals surface area contributed by atoms with E-state index in [0.717, 1.165) is 49.4 Å². The molecule has 1 aliphatic carbocycles. The number of piperidine rings is 1. The van der Waals surface area contributed by atoms with Crippen LogP contribution in [0.15, 0.2) is 40.9 Å². The van der Waals surface area contributed by atoms with E-state index in [1.165, 1.54) is 0 Å². The number of aromatic nitrogens is 3. The average molecular weight is 421 g/mol. The maximum Gasteiger partial charge on any atom is 0.317 e. The van der Waals surface area contributed by atoms with Crippen molar-refractivity contribution in [3.63, 3.8) is 0 Å². The molecule has 1 aliphatic heterocycles.